The summed E-state index contributed by atoms with van der Waals surface area (Å²) in [5, 5.41) is 8.93. The van der Waals surface area contributed by atoms with Gasteiger partial charge >= 0.3 is 5.97 Å². The van der Waals surface area contributed by atoms with E-state index in [1.807, 2.05) is 0 Å². The van der Waals surface area contributed by atoms with E-state index in [0.29, 0.717) is 26.1 Å². The second kappa shape index (κ2) is 6.41. The van der Waals surface area contributed by atoms with Crippen molar-refractivity contribution in [2.45, 2.75) is 17.7 Å². The number of benzene rings is 1. The maximum Gasteiger partial charge on any atom is 0.338 e. The van der Waals surface area contributed by atoms with Gasteiger partial charge in [-0.3, -0.25) is 0 Å². The van der Waals surface area contributed by atoms with Gasteiger partial charge in [0.25, 0.3) is 0 Å². The lowest BCUT2D eigenvalue weighted by molar-refractivity contribution is 0.0691. The first-order valence-electron chi connectivity index (χ1n) is 6.34. The predicted molar refractivity (Wildman–Crippen MR) is 76.7 cm³/mol. The first-order valence-corrected chi connectivity index (χ1v) is 8.78. The Labute approximate surface area is 130 Å². The molecule has 0 bridgehead atoms. The quantitative estimate of drug-likeness (QED) is 0.867. The summed E-state index contributed by atoms with van der Waals surface area (Å²) in [6, 6.07) is 2.15. The Balaban J connectivity index is 2.37. The number of sulfone groups is 1. The molecular weight excluding hydrogens is 367 g/mol. The first-order chi connectivity index (χ1) is 9.81. The molecule has 8 heteroatoms. The summed E-state index contributed by atoms with van der Waals surface area (Å²) in [7, 11) is -3.89. The number of hydrogen-bond donors (Lipinski definition) is 1. The lowest BCUT2D eigenvalue weighted by Gasteiger charge is -2.22. The summed E-state index contributed by atoms with van der Waals surface area (Å²) in [6.45, 7) is 0.975. The van der Waals surface area contributed by atoms with Crippen LogP contribution in [0.3, 0.4) is 0 Å². The number of hydrogen-bond acceptors (Lipinski definition) is 4. The molecule has 0 atom stereocenters. The molecule has 1 heterocycles. The van der Waals surface area contributed by atoms with E-state index >= 15 is 0 Å². The van der Waals surface area contributed by atoms with Crippen LogP contribution in [-0.2, 0) is 14.6 Å². The van der Waals surface area contributed by atoms with Crippen LogP contribution >= 0.6 is 15.9 Å². The fourth-order valence-corrected chi connectivity index (χ4v) is 4.69. The maximum atomic E-state index is 14.1. The summed E-state index contributed by atoms with van der Waals surface area (Å²) >= 11 is 3.02. The number of carboxylic acids is 1. The summed E-state index contributed by atoms with van der Waals surface area (Å²) in [4.78, 5) is 10.4. The molecule has 1 aromatic carbocycles. The average Bonchev–Trinajstić information content (AvgIpc) is 2.41. The normalized spacial score (nSPS) is 16.9. The Kier molecular flexibility index (Phi) is 5.00. The standard InChI is InChI=1S/C13H14BrFO5S/c14-9-5-10(13(16)17)12(15)11(6-9)21(18,19)7-8-1-3-20-4-2-8/h5-6,8H,1-4,7H2,(H,16,17). The van der Waals surface area contributed by atoms with Crippen LogP contribution in [0.4, 0.5) is 4.39 Å². The van der Waals surface area contributed by atoms with Gasteiger partial charge in [0.15, 0.2) is 15.7 Å². The SMILES string of the molecule is O=C(O)c1cc(Br)cc(S(=O)(=O)CC2CCOCC2)c1F. The monoisotopic (exact) mass is 380 g/mol. The van der Waals surface area contributed by atoms with E-state index in [1.165, 1.54) is 0 Å². The smallest absolute Gasteiger partial charge is 0.338 e. The molecule has 2 rings (SSSR count). The van der Waals surface area contributed by atoms with Crippen LogP contribution in [0, 0.1) is 11.7 Å². The van der Waals surface area contributed by atoms with Gasteiger partial charge in [-0.05, 0) is 30.9 Å². The zero-order valence-electron chi connectivity index (χ0n) is 11.0. The molecule has 1 saturated heterocycles. The third kappa shape index (κ3) is 3.81. The zero-order chi connectivity index (χ0) is 15.6. The third-order valence-electron chi connectivity index (χ3n) is 3.37. The van der Waals surface area contributed by atoms with Gasteiger partial charge in [0.2, 0.25) is 0 Å². The Morgan fingerprint density at radius 1 is 1.38 bits per heavy atom. The number of ether oxygens (including phenoxy) is 1. The van der Waals surface area contributed by atoms with E-state index in [1.54, 1.807) is 0 Å². The van der Waals surface area contributed by atoms with Crippen molar-refractivity contribution >= 4 is 31.7 Å². The number of carboxylic acid groups (broad SMARTS) is 1. The molecule has 1 N–H and O–H groups in total. The molecule has 0 unspecified atom stereocenters. The lowest BCUT2D eigenvalue weighted by atomic mass is 10.0. The van der Waals surface area contributed by atoms with E-state index in [0.717, 1.165) is 12.1 Å². The largest absolute Gasteiger partial charge is 0.478 e. The number of aromatic carboxylic acids is 1. The summed E-state index contributed by atoms with van der Waals surface area (Å²) < 4.78 is 44.2. The van der Waals surface area contributed by atoms with Gasteiger partial charge < -0.3 is 9.84 Å². The van der Waals surface area contributed by atoms with Crippen molar-refractivity contribution in [3.63, 3.8) is 0 Å². The maximum absolute atomic E-state index is 14.1. The van der Waals surface area contributed by atoms with Gasteiger partial charge in [0, 0.05) is 17.7 Å². The highest BCUT2D eigenvalue weighted by Gasteiger charge is 2.28. The summed E-state index contributed by atoms with van der Waals surface area (Å²) in [5.74, 6) is -3.02. The van der Waals surface area contributed by atoms with E-state index in [4.69, 9.17) is 9.84 Å². The number of halogens is 2. The Hall–Kier alpha value is -0.990. The fourth-order valence-electron chi connectivity index (χ4n) is 2.26. The molecule has 1 aliphatic heterocycles. The van der Waals surface area contributed by atoms with Crippen molar-refractivity contribution in [3.8, 4) is 0 Å². The highest BCUT2D eigenvalue weighted by atomic mass is 79.9. The highest BCUT2D eigenvalue weighted by Crippen LogP contribution is 2.28. The van der Waals surface area contributed by atoms with Crippen LogP contribution in [0.15, 0.2) is 21.5 Å². The minimum absolute atomic E-state index is 0.101. The number of carbonyl (C=O) groups is 1. The van der Waals surface area contributed by atoms with Crippen molar-refractivity contribution in [2.24, 2.45) is 5.92 Å². The topological polar surface area (TPSA) is 80.7 Å². The van der Waals surface area contributed by atoms with Crippen LogP contribution in [0.2, 0.25) is 0 Å². The molecule has 0 spiro atoms. The fraction of sp³-hybridized carbons (Fsp3) is 0.462. The Morgan fingerprint density at radius 3 is 2.57 bits per heavy atom. The Morgan fingerprint density at radius 2 is 2.00 bits per heavy atom. The third-order valence-corrected chi connectivity index (χ3v) is 5.70. The van der Waals surface area contributed by atoms with Crippen molar-refractivity contribution in [3.05, 3.63) is 28.0 Å². The van der Waals surface area contributed by atoms with Gasteiger partial charge in [-0.15, -0.1) is 0 Å². The van der Waals surface area contributed by atoms with Gasteiger partial charge in [0.05, 0.1) is 11.3 Å². The van der Waals surface area contributed by atoms with Gasteiger partial charge in [0.1, 0.15) is 4.90 Å². The zero-order valence-corrected chi connectivity index (χ0v) is 13.4. The molecular formula is C13H14BrFO5S. The Bertz CT molecular complexity index is 653. The average molecular weight is 381 g/mol. The van der Waals surface area contributed by atoms with E-state index in [2.05, 4.69) is 15.9 Å². The molecule has 21 heavy (non-hydrogen) atoms. The van der Waals surface area contributed by atoms with Crippen LogP contribution < -0.4 is 0 Å². The first kappa shape index (κ1) is 16.4. The molecule has 1 aromatic rings. The highest BCUT2D eigenvalue weighted by molar-refractivity contribution is 9.10. The van der Waals surface area contributed by atoms with Crippen LogP contribution in [0.1, 0.15) is 23.2 Å². The van der Waals surface area contributed by atoms with Gasteiger partial charge in [-0.1, -0.05) is 15.9 Å². The molecule has 1 aliphatic rings. The second-order valence-electron chi connectivity index (χ2n) is 4.91. The van der Waals surface area contributed by atoms with Crippen molar-refractivity contribution in [1.29, 1.82) is 0 Å². The molecule has 0 aliphatic carbocycles. The molecule has 0 radical (unpaired) electrons. The molecule has 116 valence electrons. The van der Waals surface area contributed by atoms with Crippen molar-refractivity contribution < 1.29 is 27.4 Å². The van der Waals surface area contributed by atoms with E-state index < -0.39 is 32.1 Å². The van der Waals surface area contributed by atoms with Crippen molar-refractivity contribution in [1.82, 2.24) is 0 Å². The molecule has 1 fully saturated rings. The van der Waals surface area contributed by atoms with E-state index in [9.17, 15) is 17.6 Å². The second-order valence-corrected chi connectivity index (χ2v) is 7.83. The summed E-state index contributed by atoms with van der Waals surface area (Å²) in [6.07, 6.45) is 1.20. The van der Waals surface area contributed by atoms with Crippen molar-refractivity contribution in [2.75, 3.05) is 19.0 Å². The lowest BCUT2D eigenvalue weighted by Crippen LogP contribution is -2.24. The number of rotatable bonds is 4. The predicted octanol–water partition coefficient (Wildman–Crippen LogP) is 2.49. The summed E-state index contributed by atoms with van der Waals surface area (Å²) in [5.41, 5.74) is -0.657. The van der Waals surface area contributed by atoms with E-state index in [-0.39, 0.29) is 16.1 Å². The van der Waals surface area contributed by atoms with Crippen LogP contribution in [0.5, 0.6) is 0 Å². The van der Waals surface area contributed by atoms with Crippen LogP contribution in [0.25, 0.3) is 0 Å². The molecule has 5 nitrogen and oxygen atoms in total. The molecule has 0 aromatic heterocycles. The molecule has 0 amide bonds. The van der Waals surface area contributed by atoms with Gasteiger partial charge in [-0.2, -0.15) is 0 Å². The van der Waals surface area contributed by atoms with Crippen LogP contribution in [-0.4, -0.2) is 38.5 Å². The minimum atomic E-state index is -3.89. The molecule has 0 saturated carbocycles. The van der Waals surface area contributed by atoms with Gasteiger partial charge in [-0.25, -0.2) is 17.6 Å². The minimum Gasteiger partial charge on any atom is -0.478 e.